The molecule has 1 aliphatic rings. The molecule has 1 N–H and O–H groups in total. The molecule has 0 aromatic heterocycles. The number of nitrogens with zero attached hydrogens (tertiary/aromatic N) is 1. The van der Waals surface area contributed by atoms with Crippen LogP contribution in [-0.4, -0.2) is 31.3 Å². The highest BCUT2D eigenvalue weighted by Gasteiger charge is 2.15. The zero-order chi connectivity index (χ0) is 11.2. The Labute approximate surface area is 97.4 Å². The minimum atomic E-state index is 0.416. The Kier molecular flexibility index (Phi) is 4.34. The summed E-state index contributed by atoms with van der Waals surface area (Å²) in [5, 5.41) is 2.27. The highest BCUT2D eigenvalue weighted by Crippen LogP contribution is 2.16. The average Bonchev–Trinajstić information content (AvgIpc) is 2.38. The van der Waals surface area contributed by atoms with Crippen molar-refractivity contribution in [3.63, 3.8) is 0 Å². The maximum absolute atomic E-state index is 5.34. The van der Waals surface area contributed by atoms with Gasteiger partial charge in [-0.2, -0.15) is 0 Å². The van der Waals surface area contributed by atoms with Gasteiger partial charge in [0.2, 0.25) is 0 Å². The predicted octanol–water partition coefficient (Wildman–Crippen LogP) is 1.97. The minimum Gasteiger partial charge on any atom is -0.379 e. The quantitative estimate of drug-likeness (QED) is 0.839. The Morgan fingerprint density at radius 2 is 1.94 bits per heavy atom. The predicted molar refractivity (Wildman–Crippen MR) is 65.0 cm³/mol. The fourth-order valence-corrected chi connectivity index (χ4v) is 2.00. The summed E-state index contributed by atoms with van der Waals surface area (Å²) >= 11 is 0. The monoisotopic (exact) mass is 220 g/mol. The second kappa shape index (κ2) is 5.99. The zero-order valence-electron chi connectivity index (χ0n) is 9.86. The van der Waals surface area contributed by atoms with Gasteiger partial charge in [0.15, 0.2) is 0 Å². The lowest BCUT2D eigenvalue weighted by Crippen LogP contribution is -2.47. The smallest absolute Gasteiger partial charge is 0.0608 e. The maximum atomic E-state index is 5.34. The van der Waals surface area contributed by atoms with Gasteiger partial charge in [-0.25, -0.2) is 10.4 Å². The number of rotatable bonds is 4. The molecular weight excluding hydrogens is 200 g/mol. The lowest BCUT2D eigenvalue weighted by Gasteiger charge is -2.31. The van der Waals surface area contributed by atoms with Crippen LogP contribution in [0.3, 0.4) is 0 Å². The van der Waals surface area contributed by atoms with Crippen LogP contribution in [0.2, 0.25) is 0 Å². The molecule has 3 nitrogen and oxygen atoms in total. The summed E-state index contributed by atoms with van der Waals surface area (Å²) in [7, 11) is 0. The van der Waals surface area contributed by atoms with Gasteiger partial charge in [0.05, 0.1) is 13.2 Å². The molecular formula is C13H20N2O. The Morgan fingerprint density at radius 1 is 1.25 bits per heavy atom. The van der Waals surface area contributed by atoms with E-state index >= 15 is 0 Å². The number of benzene rings is 1. The topological polar surface area (TPSA) is 24.5 Å². The normalized spacial score (nSPS) is 19.6. The average molecular weight is 220 g/mol. The van der Waals surface area contributed by atoms with E-state index in [1.165, 1.54) is 5.56 Å². The van der Waals surface area contributed by atoms with Gasteiger partial charge < -0.3 is 4.74 Å². The van der Waals surface area contributed by atoms with Crippen LogP contribution >= 0.6 is 0 Å². The number of nitrogens with one attached hydrogen (secondary N) is 1. The number of morpholine rings is 1. The summed E-state index contributed by atoms with van der Waals surface area (Å²) in [4.78, 5) is 0. The molecule has 0 aliphatic carbocycles. The third-order valence-electron chi connectivity index (χ3n) is 2.96. The van der Waals surface area contributed by atoms with Crippen molar-refractivity contribution in [3.8, 4) is 0 Å². The molecule has 2 rings (SSSR count). The van der Waals surface area contributed by atoms with E-state index in [9.17, 15) is 0 Å². The van der Waals surface area contributed by atoms with Gasteiger partial charge in [-0.1, -0.05) is 37.3 Å². The van der Waals surface area contributed by atoms with Crippen LogP contribution in [0.1, 0.15) is 24.9 Å². The van der Waals surface area contributed by atoms with Gasteiger partial charge in [-0.3, -0.25) is 0 Å². The van der Waals surface area contributed by atoms with Crippen LogP contribution in [-0.2, 0) is 4.74 Å². The van der Waals surface area contributed by atoms with Crippen LogP contribution in [0.5, 0.6) is 0 Å². The lowest BCUT2D eigenvalue weighted by molar-refractivity contribution is 0.00299. The first-order valence-electron chi connectivity index (χ1n) is 6.04. The van der Waals surface area contributed by atoms with Gasteiger partial charge in [-0.05, 0) is 12.0 Å². The van der Waals surface area contributed by atoms with Crippen molar-refractivity contribution in [2.75, 3.05) is 26.3 Å². The van der Waals surface area contributed by atoms with Crippen molar-refractivity contribution < 1.29 is 4.74 Å². The maximum Gasteiger partial charge on any atom is 0.0608 e. The van der Waals surface area contributed by atoms with Crippen LogP contribution in [0.15, 0.2) is 30.3 Å². The van der Waals surface area contributed by atoms with E-state index < -0.39 is 0 Å². The molecule has 1 atom stereocenters. The molecule has 1 heterocycles. The molecule has 1 aromatic rings. The number of hydrogen-bond acceptors (Lipinski definition) is 3. The molecule has 0 saturated carbocycles. The molecule has 1 unspecified atom stereocenters. The third kappa shape index (κ3) is 3.04. The number of ether oxygens (including phenoxy) is 1. The van der Waals surface area contributed by atoms with Gasteiger partial charge in [0.25, 0.3) is 0 Å². The van der Waals surface area contributed by atoms with E-state index in [0.29, 0.717) is 6.04 Å². The number of hydrazine groups is 1. The summed E-state index contributed by atoms with van der Waals surface area (Å²) < 4.78 is 5.34. The molecule has 3 heteroatoms. The highest BCUT2D eigenvalue weighted by molar-refractivity contribution is 5.18. The van der Waals surface area contributed by atoms with Gasteiger partial charge >= 0.3 is 0 Å². The summed E-state index contributed by atoms with van der Waals surface area (Å²) in [6.45, 7) is 5.83. The van der Waals surface area contributed by atoms with Crippen molar-refractivity contribution in [1.29, 1.82) is 0 Å². The molecule has 1 aliphatic heterocycles. The van der Waals surface area contributed by atoms with Crippen molar-refractivity contribution in [2.45, 2.75) is 19.4 Å². The molecule has 0 spiro atoms. The van der Waals surface area contributed by atoms with Gasteiger partial charge in [-0.15, -0.1) is 0 Å². The van der Waals surface area contributed by atoms with E-state index in [1.54, 1.807) is 0 Å². The summed E-state index contributed by atoms with van der Waals surface area (Å²) in [6, 6.07) is 11.0. The second-order valence-electron chi connectivity index (χ2n) is 4.10. The Hall–Kier alpha value is -0.900. The van der Waals surface area contributed by atoms with E-state index in [1.807, 2.05) is 0 Å². The highest BCUT2D eigenvalue weighted by atomic mass is 16.5. The first kappa shape index (κ1) is 11.6. The summed E-state index contributed by atoms with van der Waals surface area (Å²) in [5.41, 5.74) is 4.93. The molecule has 88 valence electrons. The molecule has 0 radical (unpaired) electrons. The minimum absolute atomic E-state index is 0.416. The third-order valence-corrected chi connectivity index (χ3v) is 2.96. The number of hydrogen-bond donors (Lipinski definition) is 1. The van der Waals surface area contributed by atoms with Crippen molar-refractivity contribution in [3.05, 3.63) is 35.9 Å². The molecule has 1 saturated heterocycles. The Morgan fingerprint density at radius 3 is 2.56 bits per heavy atom. The Bertz CT molecular complexity index is 296. The van der Waals surface area contributed by atoms with Crippen molar-refractivity contribution in [2.24, 2.45) is 0 Å². The molecule has 0 amide bonds. The fourth-order valence-electron chi connectivity index (χ4n) is 2.00. The van der Waals surface area contributed by atoms with Gasteiger partial charge in [0, 0.05) is 19.1 Å². The standard InChI is InChI=1S/C13H20N2O/c1-2-13(12-6-4-3-5-7-12)14-15-8-10-16-11-9-15/h3-7,13-14H,2,8-11H2,1H3. The van der Waals surface area contributed by atoms with E-state index in [4.69, 9.17) is 4.74 Å². The SMILES string of the molecule is CCC(NN1CCOCC1)c1ccccc1. The molecule has 1 aromatic carbocycles. The van der Waals surface area contributed by atoms with Gasteiger partial charge in [0.1, 0.15) is 0 Å². The van der Waals surface area contributed by atoms with Crippen LogP contribution in [0, 0.1) is 0 Å². The van der Waals surface area contributed by atoms with E-state index in [2.05, 4.69) is 47.7 Å². The summed E-state index contributed by atoms with van der Waals surface area (Å²) in [5.74, 6) is 0. The van der Waals surface area contributed by atoms with Crippen molar-refractivity contribution in [1.82, 2.24) is 10.4 Å². The van der Waals surface area contributed by atoms with E-state index in [0.717, 1.165) is 32.7 Å². The lowest BCUT2D eigenvalue weighted by atomic mass is 10.1. The van der Waals surface area contributed by atoms with E-state index in [-0.39, 0.29) is 0 Å². The molecule has 1 fully saturated rings. The first-order chi connectivity index (χ1) is 7.90. The van der Waals surface area contributed by atoms with Crippen LogP contribution in [0.25, 0.3) is 0 Å². The van der Waals surface area contributed by atoms with Crippen LogP contribution in [0.4, 0.5) is 0 Å². The first-order valence-corrected chi connectivity index (χ1v) is 6.04. The molecule has 16 heavy (non-hydrogen) atoms. The summed E-state index contributed by atoms with van der Waals surface area (Å²) in [6.07, 6.45) is 1.10. The largest absolute Gasteiger partial charge is 0.379 e. The second-order valence-corrected chi connectivity index (χ2v) is 4.10. The fraction of sp³-hybridized carbons (Fsp3) is 0.538. The van der Waals surface area contributed by atoms with Crippen LogP contribution < -0.4 is 5.43 Å². The van der Waals surface area contributed by atoms with Crippen molar-refractivity contribution >= 4 is 0 Å². The zero-order valence-corrected chi connectivity index (χ0v) is 9.86. The Balaban J connectivity index is 1.94. The molecule has 0 bridgehead atoms.